The summed E-state index contributed by atoms with van der Waals surface area (Å²) in [7, 11) is 2.09. The van der Waals surface area contributed by atoms with Gasteiger partial charge in [-0.25, -0.2) is 4.39 Å². The molecule has 12 heteroatoms. The zero-order valence-corrected chi connectivity index (χ0v) is 30.1. The van der Waals surface area contributed by atoms with Gasteiger partial charge in [-0.15, -0.1) is 0 Å². The average molecular weight is 711 g/mol. The van der Waals surface area contributed by atoms with E-state index < -0.39 is 17.6 Å². The van der Waals surface area contributed by atoms with Gasteiger partial charge in [0.2, 0.25) is 5.85 Å². The van der Waals surface area contributed by atoms with Gasteiger partial charge in [-0.05, 0) is 90.1 Å². The SMILES string of the molecule is CCOC(=O)C1CCC(OC(C(=O)Cc2cc(Cl)c(NC(=O)c3coc4ccccc34)cc2F)(N2CCCC2)N2C[C@@H](C)N(C)[C@@H](C)C2)CC1. The van der Waals surface area contributed by atoms with Crippen LogP contribution in [0.1, 0.15) is 75.2 Å². The number of benzene rings is 2. The van der Waals surface area contributed by atoms with Crippen molar-refractivity contribution in [3.63, 3.8) is 0 Å². The fourth-order valence-electron chi connectivity index (χ4n) is 7.80. The van der Waals surface area contributed by atoms with Crippen LogP contribution in [0.2, 0.25) is 5.02 Å². The molecule has 0 spiro atoms. The van der Waals surface area contributed by atoms with Crippen LogP contribution in [0.3, 0.4) is 0 Å². The van der Waals surface area contributed by atoms with Crippen LogP contribution in [0.5, 0.6) is 0 Å². The van der Waals surface area contributed by atoms with E-state index in [1.165, 1.54) is 18.4 Å². The predicted octanol–water partition coefficient (Wildman–Crippen LogP) is 6.50. The maximum Gasteiger partial charge on any atom is 0.308 e. The number of rotatable bonds is 11. The lowest BCUT2D eigenvalue weighted by Gasteiger charge is -2.54. The minimum atomic E-state index is -1.42. The number of Topliss-reactive ketones (excluding diaryl/α,β-unsaturated/α-hetero) is 1. The summed E-state index contributed by atoms with van der Waals surface area (Å²) in [6.45, 7) is 8.99. The highest BCUT2D eigenvalue weighted by Crippen LogP contribution is 2.38. The summed E-state index contributed by atoms with van der Waals surface area (Å²) in [4.78, 5) is 47.2. The average Bonchev–Trinajstić information content (AvgIpc) is 3.80. The third-order valence-corrected chi connectivity index (χ3v) is 11.1. The molecule has 3 atom stereocenters. The molecule has 1 aromatic heterocycles. The van der Waals surface area contributed by atoms with Crippen molar-refractivity contribution in [2.24, 2.45) is 5.92 Å². The van der Waals surface area contributed by atoms with Crippen molar-refractivity contribution in [1.82, 2.24) is 14.7 Å². The molecule has 10 nitrogen and oxygen atoms in total. The Balaban J connectivity index is 1.28. The molecule has 50 heavy (non-hydrogen) atoms. The Kier molecular flexibility index (Phi) is 11.3. The Labute approximate surface area is 298 Å². The third kappa shape index (κ3) is 7.34. The molecule has 1 unspecified atom stereocenters. The predicted molar refractivity (Wildman–Crippen MR) is 190 cm³/mol. The van der Waals surface area contributed by atoms with Crippen molar-refractivity contribution < 1.29 is 32.7 Å². The zero-order chi connectivity index (χ0) is 35.6. The summed E-state index contributed by atoms with van der Waals surface area (Å²) in [6.07, 6.45) is 5.16. The highest BCUT2D eigenvalue weighted by Gasteiger charge is 2.54. The van der Waals surface area contributed by atoms with Gasteiger partial charge >= 0.3 is 5.97 Å². The zero-order valence-electron chi connectivity index (χ0n) is 29.4. The van der Waals surface area contributed by atoms with Crippen LogP contribution in [0.15, 0.2) is 47.1 Å². The topological polar surface area (TPSA) is 105 Å². The Hall–Kier alpha value is -3.35. The van der Waals surface area contributed by atoms with Gasteiger partial charge in [-0.3, -0.25) is 29.1 Å². The first-order chi connectivity index (χ1) is 24.0. The maximum atomic E-state index is 16.0. The molecule has 1 saturated carbocycles. The molecule has 2 aliphatic heterocycles. The van der Waals surface area contributed by atoms with Crippen molar-refractivity contribution in [3.8, 4) is 0 Å². The summed E-state index contributed by atoms with van der Waals surface area (Å²) in [5, 5.41) is 3.45. The molecule has 0 radical (unpaired) electrons. The molecule has 3 heterocycles. The minimum absolute atomic E-state index is 0.0952. The molecule has 6 rings (SSSR count). The number of amides is 1. The number of para-hydroxylation sites is 1. The van der Waals surface area contributed by atoms with Gasteiger partial charge in [-0.2, -0.15) is 0 Å². The number of furan rings is 1. The molecule has 2 aromatic carbocycles. The smallest absolute Gasteiger partial charge is 0.308 e. The molecule has 0 bridgehead atoms. The first kappa shape index (κ1) is 36.4. The number of hydrogen-bond donors (Lipinski definition) is 1. The van der Waals surface area contributed by atoms with Crippen molar-refractivity contribution in [2.75, 3.05) is 45.2 Å². The molecule has 1 aliphatic carbocycles. The number of ketones is 1. The van der Waals surface area contributed by atoms with E-state index in [2.05, 4.69) is 40.9 Å². The van der Waals surface area contributed by atoms with Crippen LogP contribution in [0, 0.1) is 11.7 Å². The minimum Gasteiger partial charge on any atom is -0.466 e. The van der Waals surface area contributed by atoms with Crippen LogP contribution in [-0.4, -0.2) is 96.2 Å². The van der Waals surface area contributed by atoms with Gasteiger partial charge in [0.1, 0.15) is 17.7 Å². The number of halogens is 2. The molecule has 3 aromatic rings. The van der Waals surface area contributed by atoms with Gasteiger partial charge in [0.05, 0.1) is 34.9 Å². The standard InChI is InChI=1S/C38H48ClFN4O6/c1-5-48-37(47)26-12-14-28(15-13-26)50-38(43-16-8-9-17-43,44-21-24(2)42(4)25(3)22-44)35(45)19-27-18-31(39)33(20-32(27)40)41-36(46)30-23-49-34-11-7-6-10-29(30)34/h6-7,10-11,18,20,23-26,28H,5,8-9,12-17,19,21-22H2,1-4H3,(H,41,46)/t24-,25+,26?,28?,38?. The molecular weight excluding hydrogens is 663 g/mol. The number of carbonyl (C=O) groups is 3. The normalized spacial score (nSPS) is 25.0. The van der Waals surface area contributed by atoms with Crippen LogP contribution in [-0.2, 0) is 25.5 Å². The van der Waals surface area contributed by atoms with Crippen LogP contribution < -0.4 is 5.32 Å². The van der Waals surface area contributed by atoms with Gasteiger partial charge < -0.3 is 19.2 Å². The number of likely N-dealkylation sites (tertiary alicyclic amines) is 1. The monoisotopic (exact) mass is 710 g/mol. The van der Waals surface area contributed by atoms with Crippen LogP contribution in [0.25, 0.3) is 11.0 Å². The van der Waals surface area contributed by atoms with Gasteiger partial charge in [-0.1, -0.05) is 29.8 Å². The second-order valence-corrected chi connectivity index (χ2v) is 14.4. The molecule has 3 aliphatic rings. The second kappa shape index (κ2) is 15.5. The van der Waals surface area contributed by atoms with E-state index in [9.17, 15) is 14.4 Å². The Morgan fingerprint density at radius 1 is 1.02 bits per heavy atom. The lowest BCUT2D eigenvalue weighted by Crippen LogP contribution is -2.72. The van der Waals surface area contributed by atoms with Crippen LogP contribution >= 0.6 is 11.6 Å². The third-order valence-electron chi connectivity index (χ3n) is 10.8. The number of fused-ring (bicyclic) bond motifs is 1. The molecule has 3 fully saturated rings. The van der Waals surface area contributed by atoms with E-state index >= 15 is 4.39 Å². The van der Waals surface area contributed by atoms with E-state index in [0.29, 0.717) is 75.0 Å². The number of esters is 1. The summed E-state index contributed by atoms with van der Waals surface area (Å²) in [6, 6.07) is 10.0. The fraction of sp³-hybridized carbons (Fsp3) is 0.553. The number of ether oxygens (including phenoxy) is 2. The van der Waals surface area contributed by atoms with Crippen molar-refractivity contribution in [3.05, 3.63) is 64.6 Å². The number of anilines is 1. The highest BCUT2D eigenvalue weighted by molar-refractivity contribution is 6.34. The molecule has 1 amide bonds. The van der Waals surface area contributed by atoms with Crippen LogP contribution in [0.4, 0.5) is 10.1 Å². The van der Waals surface area contributed by atoms with E-state index in [0.717, 1.165) is 12.8 Å². The van der Waals surface area contributed by atoms with Gasteiger partial charge in [0.15, 0.2) is 5.78 Å². The number of hydrogen-bond acceptors (Lipinski definition) is 9. The first-order valence-electron chi connectivity index (χ1n) is 17.9. The number of carbonyl (C=O) groups excluding carboxylic acids is 3. The molecule has 1 N–H and O–H groups in total. The number of nitrogens with zero attached hydrogens (tertiary/aromatic N) is 3. The fourth-order valence-corrected chi connectivity index (χ4v) is 8.03. The van der Waals surface area contributed by atoms with Crippen molar-refractivity contribution in [2.45, 2.75) is 89.8 Å². The number of likely N-dealkylation sites (N-methyl/N-ethyl adjacent to an activating group) is 1. The van der Waals surface area contributed by atoms with Gasteiger partial charge in [0.25, 0.3) is 5.91 Å². The summed E-state index contributed by atoms with van der Waals surface area (Å²) in [5.74, 6) is -3.18. The summed E-state index contributed by atoms with van der Waals surface area (Å²) < 4.78 is 33.8. The lowest BCUT2D eigenvalue weighted by molar-refractivity contribution is -0.265. The maximum absolute atomic E-state index is 16.0. The highest BCUT2D eigenvalue weighted by atomic mass is 35.5. The Morgan fingerprint density at radius 2 is 1.70 bits per heavy atom. The quantitative estimate of drug-likeness (QED) is 0.223. The largest absolute Gasteiger partial charge is 0.466 e. The molecule has 270 valence electrons. The van der Waals surface area contributed by atoms with E-state index in [1.54, 1.807) is 18.2 Å². The Morgan fingerprint density at radius 3 is 2.38 bits per heavy atom. The summed E-state index contributed by atoms with van der Waals surface area (Å²) >= 11 is 6.66. The Bertz CT molecular complexity index is 1690. The number of piperazine rings is 1. The molecular formula is C38H48ClFN4O6. The van der Waals surface area contributed by atoms with E-state index in [1.807, 2.05) is 13.0 Å². The van der Waals surface area contributed by atoms with Crippen molar-refractivity contribution in [1.29, 1.82) is 0 Å². The van der Waals surface area contributed by atoms with E-state index in [4.69, 9.17) is 25.5 Å². The van der Waals surface area contributed by atoms with Crippen molar-refractivity contribution >= 4 is 45.9 Å². The lowest BCUT2D eigenvalue weighted by atomic mass is 9.87. The van der Waals surface area contributed by atoms with E-state index in [-0.39, 0.29) is 58.6 Å². The summed E-state index contributed by atoms with van der Waals surface area (Å²) in [5.41, 5.74) is 1.08. The first-order valence-corrected chi connectivity index (χ1v) is 18.2. The van der Waals surface area contributed by atoms with Gasteiger partial charge in [0, 0.05) is 50.1 Å². The second-order valence-electron chi connectivity index (χ2n) is 14.0. The molecule has 2 saturated heterocycles. The number of nitrogens with one attached hydrogen (secondary N) is 1.